The molecule has 3 amide bonds. The number of rotatable bonds is 6. The Morgan fingerprint density at radius 2 is 1.96 bits per heavy atom. The lowest BCUT2D eigenvalue weighted by molar-refractivity contribution is -0.139. The Balaban J connectivity index is 1.11. The van der Waals surface area contributed by atoms with Crippen LogP contribution in [-0.2, 0) is 24.4 Å². The molecule has 0 spiro atoms. The lowest BCUT2D eigenvalue weighted by Crippen LogP contribution is -2.56. The van der Waals surface area contributed by atoms with Gasteiger partial charge in [-0.25, -0.2) is 13.4 Å². The summed E-state index contributed by atoms with van der Waals surface area (Å²) in [6, 6.07) is 10.7. The van der Waals surface area contributed by atoms with Crippen LogP contribution in [0.15, 0.2) is 58.3 Å². The molecule has 4 aliphatic rings. The van der Waals surface area contributed by atoms with Gasteiger partial charge in [-0.15, -0.1) is 11.3 Å². The van der Waals surface area contributed by atoms with Crippen molar-refractivity contribution < 1.29 is 32.0 Å². The Bertz CT molecular complexity index is 2130. The SMILES string of the molecule is Cc1ccsc1-c1cc(O[C@@H]2C[C@H]3C(=O)N[C@]4(C(=O)NS(=O)(=O)C5CC5)C[C@H]4/C=C\CCCCCCC(=O)N3C2)c2oc3ccccc3c2n1. The first-order chi connectivity index (χ1) is 24.1. The van der Waals surface area contributed by atoms with Gasteiger partial charge in [-0.05, 0) is 74.6 Å². The predicted molar refractivity (Wildman–Crippen MR) is 190 cm³/mol. The number of furan rings is 1. The zero-order valence-electron chi connectivity index (χ0n) is 27.9. The number of aryl methyl sites for hydroxylation is 1. The molecular formula is C37H40N4O7S2. The molecule has 3 fully saturated rings. The molecule has 50 heavy (non-hydrogen) atoms. The number of para-hydroxylation sites is 1. The van der Waals surface area contributed by atoms with E-state index in [1.165, 1.54) is 0 Å². The molecule has 2 aliphatic heterocycles. The average Bonchev–Trinajstić information content (AvgIpc) is 3.93. The van der Waals surface area contributed by atoms with Crippen LogP contribution in [0.1, 0.15) is 69.8 Å². The topological polar surface area (TPSA) is 148 Å². The highest BCUT2D eigenvalue weighted by molar-refractivity contribution is 7.91. The third-order valence-corrected chi connectivity index (χ3v) is 13.3. The zero-order valence-corrected chi connectivity index (χ0v) is 29.5. The van der Waals surface area contributed by atoms with Gasteiger partial charge in [0.15, 0.2) is 11.3 Å². The van der Waals surface area contributed by atoms with Crippen molar-refractivity contribution >= 4 is 61.2 Å². The smallest absolute Gasteiger partial charge is 0.259 e. The Labute approximate surface area is 294 Å². The van der Waals surface area contributed by atoms with Crippen molar-refractivity contribution in [2.45, 2.75) is 94.1 Å². The normalized spacial score (nSPS) is 26.8. The van der Waals surface area contributed by atoms with Crippen LogP contribution in [0.2, 0.25) is 0 Å². The second kappa shape index (κ2) is 12.8. The number of thiophene rings is 1. The summed E-state index contributed by atoms with van der Waals surface area (Å²) in [5, 5.41) is 5.23. The monoisotopic (exact) mass is 716 g/mol. The Morgan fingerprint density at radius 3 is 2.76 bits per heavy atom. The van der Waals surface area contributed by atoms with Crippen LogP contribution in [-0.4, -0.2) is 65.5 Å². The first kappa shape index (κ1) is 32.9. The van der Waals surface area contributed by atoms with E-state index in [1.54, 1.807) is 16.2 Å². The molecule has 2 aliphatic carbocycles. The number of nitrogens with one attached hydrogen (secondary N) is 2. The number of benzene rings is 1. The minimum absolute atomic E-state index is 0.148. The number of hydrogen-bond acceptors (Lipinski definition) is 9. The van der Waals surface area contributed by atoms with E-state index in [-0.39, 0.29) is 31.2 Å². The van der Waals surface area contributed by atoms with Gasteiger partial charge in [0.2, 0.25) is 21.8 Å². The number of carbonyl (C=O) groups excluding carboxylic acids is 3. The fraction of sp³-hybridized carbons (Fsp3) is 0.459. The minimum Gasteiger partial charge on any atom is -0.484 e. The van der Waals surface area contributed by atoms with Crippen molar-refractivity contribution in [3.8, 4) is 16.3 Å². The van der Waals surface area contributed by atoms with E-state index in [2.05, 4.69) is 10.0 Å². The molecule has 8 rings (SSSR count). The van der Waals surface area contributed by atoms with E-state index in [0.717, 1.165) is 47.2 Å². The fourth-order valence-corrected chi connectivity index (χ4v) is 9.59. The van der Waals surface area contributed by atoms with Crippen LogP contribution in [0.4, 0.5) is 0 Å². The predicted octanol–water partition coefficient (Wildman–Crippen LogP) is 5.76. The van der Waals surface area contributed by atoms with Crippen molar-refractivity contribution in [2.24, 2.45) is 5.92 Å². The van der Waals surface area contributed by atoms with E-state index < -0.39 is 44.8 Å². The fourth-order valence-electron chi connectivity index (χ4n) is 7.34. The highest BCUT2D eigenvalue weighted by atomic mass is 32.2. The number of fused-ring (bicyclic) bond motifs is 5. The van der Waals surface area contributed by atoms with Crippen molar-refractivity contribution in [3.63, 3.8) is 0 Å². The third kappa shape index (κ3) is 6.19. The van der Waals surface area contributed by atoms with Crippen molar-refractivity contribution in [1.82, 2.24) is 19.9 Å². The van der Waals surface area contributed by atoms with Crippen molar-refractivity contribution in [2.75, 3.05) is 6.54 Å². The van der Waals surface area contributed by atoms with Crippen LogP contribution >= 0.6 is 11.3 Å². The summed E-state index contributed by atoms with van der Waals surface area (Å²) >= 11 is 1.59. The molecule has 1 aromatic carbocycles. The van der Waals surface area contributed by atoms with E-state index in [4.69, 9.17) is 14.1 Å². The van der Waals surface area contributed by atoms with Gasteiger partial charge in [0.05, 0.1) is 22.4 Å². The van der Waals surface area contributed by atoms with E-state index in [0.29, 0.717) is 48.1 Å². The van der Waals surface area contributed by atoms with Gasteiger partial charge in [0, 0.05) is 30.2 Å². The number of sulfonamides is 1. The molecule has 13 heteroatoms. The largest absolute Gasteiger partial charge is 0.484 e. The van der Waals surface area contributed by atoms with Gasteiger partial charge >= 0.3 is 0 Å². The first-order valence-corrected chi connectivity index (χ1v) is 19.9. The van der Waals surface area contributed by atoms with Gasteiger partial charge in [-0.2, -0.15) is 0 Å². The number of hydrogen-bond donors (Lipinski definition) is 2. The minimum atomic E-state index is -3.82. The lowest BCUT2D eigenvalue weighted by atomic mass is 10.1. The standard InChI is InChI=1S/C37H40N4O7S2/c1-22-16-17-49-34(22)27-19-30(33-32(38-27)26-11-8-9-12-29(26)48-33)47-24-18-28-35(43)39-37(36(44)40-50(45,46)25-14-15-25)20-23(37)10-6-4-2-3-5-7-13-31(42)41(28)21-24/h6,8-12,16-17,19,23-25,28H,2-5,7,13-15,18,20-21H2,1H3,(H,39,43)(H,40,44)/b10-6-/t23-,24-,28+,37-/m1/s1. The number of pyridine rings is 1. The highest BCUT2D eigenvalue weighted by Gasteiger charge is 2.62. The van der Waals surface area contributed by atoms with Crippen LogP contribution in [0.3, 0.4) is 0 Å². The molecule has 4 atom stereocenters. The van der Waals surface area contributed by atoms with Crippen molar-refractivity contribution in [1.29, 1.82) is 0 Å². The zero-order chi connectivity index (χ0) is 34.6. The summed E-state index contributed by atoms with van der Waals surface area (Å²) in [5.74, 6) is -1.23. The van der Waals surface area contributed by atoms with Gasteiger partial charge in [0.1, 0.15) is 28.8 Å². The maximum absolute atomic E-state index is 14.2. The molecule has 262 valence electrons. The quantitative estimate of drug-likeness (QED) is 0.240. The molecule has 5 heterocycles. The maximum atomic E-state index is 14.2. The molecule has 4 aromatic rings. The Hall–Kier alpha value is -4.23. The summed E-state index contributed by atoms with van der Waals surface area (Å²) in [7, 11) is -3.82. The van der Waals surface area contributed by atoms with Crippen LogP contribution < -0.4 is 14.8 Å². The molecular weight excluding hydrogens is 677 g/mol. The van der Waals surface area contributed by atoms with Gasteiger partial charge in [0.25, 0.3) is 5.91 Å². The second-order valence-corrected chi connectivity index (χ2v) is 17.0. The summed E-state index contributed by atoms with van der Waals surface area (Å²) in [4.78, 5) is 49.1. The lowest BCUT2D eigenvalue weighted by Gasteiger charge is -2.26. The Morgan fingerprint density at radius 1 is 1.14 bits per heavy atom. The van der Waals surface area contributed by atoms with Crippen LogP contribution in [0, 0.1) is 12.8 Å². The van der Waals surface area contributed by atoms with E-state index >= 15 is 0 Å². The molecule has 1 saturated heterocycles. The molecule has 0 bridgehead atoms. The number of amides is 3. The summed E-state index contributed by atoms with van der Waals surface area (Å²) in [5.41, 5.74) is 2.27. The van der Waals surface area contributed by atoms with Crippen LogP contribution in [0.25, 0.3) is 32.6 Å². The summed E-state index contributed by atoms with van der Waals surface area (Å²) in [6.07, 6.45) is 9.48. The van der Waals surface area contributed by atoms with E-state index in [1.807, 2.05) is 60.9 Å². The molecule has 2 N–H and O–H groups in total. The van der Waals surface area contributed by atoms with E-state index in [9.17, 15) is 22.8 Å². The number of aromatic nitrogens is 1. The molecule has 3 aromatic heterocycles. The summed E-state index contributed by atoms with van der Waals surface area (Å²) in [6.45, 7) is 2.21. The molecule has 11 nitrogen and oxygen atoms in total. The molecule has 0 unspecified atom stereocenters. The third-order valence-electron chi connectivity index (χ3n) is 10.4. The maximum Gasteiger partial charge on any atom is 0.259 e. The first-order valence-electron chi connectivity index (χ1n) is 17.5. The summed E-state index contributed by atoms with van der Waals surface area (Å²) < 4.78 is 40.7. The van der Waals surface area contributed by atoms with Gasteiger partial charge < -0.3 is 19.4 Å². The highest BCUT2D eigenvalue weighted by Crippen LogP contribution is 2.46. The van der Waals surface area contributed by atoms with Gasteiger partial charge in [-0.1, -0.05) is 37.1 Å². The number of allylic oxidation sites excluding steroid dienone is 1. The van der Waals surface area contributed by atoms with Crippen molar-refractivity contribution in [3.05, 3.63) is 59.5 Å². The second-order valence-electron chi connectivity index (χ2n) is 14.1. The number of ether oxygens (including phenoxy) is 1. The molecule has 2 saturated carbocycles. The average molecular weight is 717 g/mol. The number of carbonyl (C=O) groups is 3. The number of nitrogens with zero attached hydrogens (tertiary/aromatic N) is 2. The molecule has 0 radical (unpaired) electrons. The van der Waals surface area contributed by atoms with Crippen LogP contribution in [0.5, 0.6) is 5.75 Å². The van der Waals surface area contributed by atoms with Gasteiger partial charge in [-0.3, -0.25) is 19.1 Å². The Kier molecular flexibility index (Phi) is 8.45.